The van der Waals surface area contributed by atoms with E-state index in [-0.39, 0.29) is 11.4 Å². The lowest BCUT2D eigenvalue weighted by atomic mass is 10.0. The average molecular weight is 362 g/mol. The lowest BCUT2D eigenvalue weighted by Gasteiger charge is -2.30. The van der Waals surface area contributed by atoms with Gasteiger partial charge in [0, 0.05) is 17.6 Å². The van der Waals surface area contributed by atoms with E-state index < -0.39 is 21.9 Å². The molecule has 0 radical (unpaired) electrons. The number of hydrogen-bond donors (Lipinski definition) is 1. The number of nitrogens with zero attached hydrogens (tertiary/aromatic N) is 1. The van der Waals surface area contributed by atoms with Gasteiger partial charge in [-0.05, 0) is 53.4 Å². The molecule has 1 fully saturated rings. The fraction of sp³-hybridized carbons (Fsp3) is 0.462. The number of sulfonamides is 1. The van der Waals surface area contributed by atoms with Crippen molar-refractivity contribution in [1.29, 1.82) is 0 Å². The van der Waals surface area contributed by atoms with Gasteiger partial charge < -0.3 is 5.11 Å². The molecule has 7 heteroatoms. The van der Waals surface area contributed by atoms with Gasteiger partial charge in [0.25, 0.3) is 0 Å². The Morgan fingerprint density at radius 2 is 2.15 bits per heavy atom. The van der Waals surface area contributed by atoms with Crippen LogP contribution >= 0.6 is 15.9 Å². The molecule has 110 valence electrons. The van der Waals surface area contributed by atoms with Crippen molar-refractivity contribution in [3.63, 3.8) is 0 Å². The molecule has 1 heterocycles. The van der Waals surface area contributed by atoms with E-state index in [2.05, 4.69) is 15.9 Å². The Kier molecular flexibility index (Phi) is 4.51. The van der Waals surface area contributed by atoms with Gasteiger partial charge in [-0.1, -0.05) is 6.07 Å². The maximum Gasteiger partial charge on any atom is 0.307 e. The van der Waals surface area contributed by atoms with Gasteiger partial charge in [-0.15, -0.1) is 0 Å². The highest BCUT2D eigenvalue weighted by atomic mass is 79.9. The van der Waals surface area contributed by atoms with E-state index in [1.807, 2.05) is 6.92 Å². The maximum absolute atomic E-state index is 12.6. The summed E-state index contributed by atoms with van der Waals surface area (Å²) in [6.07, 6.45) is 1.09. The molecule has 0 bridgehead atoms. The summed E-state index contributed by atoms with van der Waals surface area (Å²) in [5, 5.41) is 9.05. The summed E-state index contributed by atoms with van der Waals surface area (Å²) < 4.78 is 27.0. The van der Waals surface area contributed by atoms with Gasteiger partial charge in [0.05, 0.1) is 10.8 Å². The number of halogens is 1. The number of aryl methyl sites for hydroxylation is 1. The van der Waals surface area contributed by atoms with Crippen molar-refractivity contribution in [3.05, 3.63) is 28.2 Å². The quantitative estimate of drug-likeness (QED) is 0.895. The summed E-state index contributed by atoms with van der Waals surface area (Å²) in [6, 6.07) is 5.03. The molecule has 0 amide bonds. The Morgan fingerprint density at radius 1 is 1.45 bits per heavy atom. The smallest absolute Gasteiger partial charge is 0.307 e. The molecule has 1 aliphatic heterocycles. The van der Waals surface area contributed by atoms with Crippen LogP contribution in [0.15, 0.2) is 27.6 Å². The molecular weight excluding hydrogens is 346 g/mol. The monoisotopic (exact) mass is 361 g/mol. The van der Waals surface area contributed by atoms with Crippen LogP contribution in [-0.2, 0) is 14.8 Å². The molecule has 0 aliphatic carbocycles. The van der Waals surface area contributed by atoms with Crippen molar-refractivity contribution < 1.29 is 18.3 Å². The number of benzene rings is 1. The highest BCUT2D eigenvalue weighted by Crippen LogP contribution is 2.29. The van der Waals surface area contributed by atoms with Crippen LogP contribution in [-0.4, -0.2) is 36.9 Å². The van der Waals surface area contributed by atoms with Crippen molar-refractivity contribution >= 4 is 31.9 Å². The number of carboxylic acids is 1. The number of piperidine rings is 1. The molecule has 1 saturated heterocycles. The normalized spacial score (nSPS) is 20.8. The van der Waals surface area contributed by atoms with E-state index in [4.69, 9.17) is 5.11 Å². The third-order valence-electron chi connectivity index (χ3n) is 3.44. The van der Waals surface area contributed by atoms with Crippen LogP contribution in [0.25, 0.3) is 0 Å². The van der Waals surface area contributed by atoms with Gasteiger partial charge in [-0.25, -0.2) is 8.42 Å². The number of aliphatic carboxylic acids is 1. The summed E-state index contributed by atoms with van der Waals surface area (Å²) in [6.45, 7) is 2.28. The third-order valence-corrected chi connectivity index (χ3v) is 6.28. The molecule has 0 aromatic heterocycles. The zero-order chi connectivity index (χ0) is 14.9. The fourth-order valence-corrected chi connectivity index (χ4v) is 4.99. The van der Waals surface area contributed by atoms with Crippen molar-refractivity contribution in [2.45, 2.75) is 24.7 Å². The SMILES string of the molecule is Cc1ccc(S(=O)(=O)N2CCC[C@H](C(=O)O)C2)c(Br)c1. The zero-order valence-electron chi connectivity index (χ0n) is 11.0. The van der Waals surface area contributed by atoms with Crippen LogP contribution in [0, 0.1) is 12.8 Å². The van der Waals surface area contributed by atoms with Crippen LogP contribution in [0.4, 0.5) is 0 Å². The average Bonchev–Trinajstić information content (AvgIpc) is 2.38. The Bertz CT molecular complexity index is 629. The van der Waals surface area contributed by atoms with Crippen LogP contribution in [0.1, 0.15) is 18.4 Å². The highest BCUT2D eigenvalue weighted by molar-refractivity contribution is 9.10. The van der Waals surface area contributed by atoms with Gasteiger partial charge in [-0.2, -0.15) is 4.31 Å². The minimum atomic E-state index is -3.65. The lowest BCUT2D eigenvalue weighted by Crippen LogP contribution is -2.42. The molecule has 0 saturated carbocycles. The van der Waals surface area contributed by atoms with Crippen LogP contribution in [0.3, 0.4) is 0 Å². The van der Waals surface area contributed by atoms with E-state index in [1.54, 1.807) is 18.2 Å². The Morgan fingerprint density at radius 3 is 2.75 bits per heavy atom. The van der Waals surface area contributed by atoms with Gasteiger partial charge in [0.1, 0.15) is 0 Å². The predicted octanol–water partition coefficient (Wildman–Crippen LogP) is 2.24. The molecule has 1 aliphatic rings. The molecule has 0 spiro atoms. The number of rotatable bonds is 3. The molecule has 1 N–H and O–H groups in total. The van der Waals surface area contributed by atoms with Gasteiger partial charge in [0.2, 0.25) is 10.0 Å². The Labute approximate surface area is 126 Å². The first-order valence-corrected chi connectivity index (χ1v) is 8.55. The molecule has 20 heavy (non-hydrogen) atoms. The first-order chi connectivity index (χ1) is 9.32. The van der Waals surface area contributed by atoms with Crippen molar-refractivity contribution in [2.75, 3.05) is 13.1 Å². The van der Waals surface area contributed by atoms with Gasteiger partial charge in [0.15, 0.2) is 0 Å². The van der Waals surface area contributed by atoms with E-state index in [9.17, 15) is 13.2 Å². The number of hydrogen-bond acceptors (Lipinski definition) is 3. The van der Waals surface area contributed by atoms with Crippen LogP contribution < -0.4 is 0 Å². The Balaban J connectivity index is 2.32. The molecule has 5 nitrogen and oxygen atoms in total. The summed E-state index contributed by atoms with van der Waals surface area (Å²) in [5.41, 5.74) is 0.956. The van der Waals surface area contributed by atoms with Gasteiger partial charge in [-0.3, -0.25) is 4.79 Å². The largest absolute Gasteiger partial charge is 0.481 e. The number of carbonyl (C=O) groups is 1. The molecule has 0 unspecified atom stereocenters. The molecule has 1 atom stereocenters. The second-order valence-corrected chi connectivity index (χ2v) is 7.74. The highest BCUT2D eigenvalue weighted by Gasteiger charge is 2.34. The topological polar surface area (TPSA) is 74.7 Å². The van der Waals surface area contributed by atoms with Crippen LogP contribution in [0.2, 0.25) is 0 Å². The van der Waals surface area contributed by atoms with E-state index in [0.29, 0.717) is 23.9 Å². The minimum Gasteiger partial charge on any atom is -0.481 e. The molecule has 1 aromatic rings. The van der Waals surface area contributed by atoms with Crippen molar-refractivity contribution in [3.8, 4) is 0 Å². The molecule has 2 rings (SSSR count). The second kappa shape index (κ2) is 5.83. The first-order valence-electron chi connectivity index (χ1n) is 6.31. The lowest BCUT2D eigenvalue weighted by molar-refractivity contribution is -0.142. The Hall–Kier alpha value is -0.920. The third kappa shape index (κ3) is 3.05. The fourth-order valence-electron chi connectivity index (χ4n) is 2.32. The predicted molar refractivity (Wildman–Crippen MR) is 78.0 cm³/mol. The van der Waals surface area contributed by atoms with E-state index in [1.165, 1.54) is 4.31 Å². The number of carboxylic acid groups (broad SMARTS) is 1. The minimum absolute atomic E-state index is 0.0397. The first kappa shape index (κ1) is 15.5. The summed E-state index contributed by atoms with van der Waals surface area (Å²) in [4.78, 5) is 11.2. The van der Waals surface area contributed by atoms with Crippen LogP contribution in [0.5, 0.6) is 0 Å². The second-order valence-electron chi connectivity index (χ2n) is 4.97. The standard InChI is InChI=1S/C13H16BrNO4S/c1-9-4-5-12(11(14)7-9)20(18,19)15-6-2-3-10(8-15)13(16)17/h4-5,7,10H,2-3,6,8H2,1H3,(H,16,17)/t10-/m0/s1. The summed E-state index contributed by atoms with van der Waals surface area (Å²) in [7, 11) is -3.65. The molecular formula is C13H16BrNO4S. The van der Waals surface area contributed by atoms with E-state index in [0.717, 1.165) is 5.56 Å². The van der Waals surface area contributed by atoms with E-state index >= 15 is 0 Å². The summed E-state index contributed by atoms with van der Waals surface area (Å²) >= 11 is 3.27. The zero-order valence-corrected chi connectivity index (χ0v) is 13.4. The van der Waals surface area contributed by atoms with Gasteiger partial charge >= 0.3 is 5.97 Å². The van der Waals surface area contributed by atoms with Crippen molar-refractivity contribution in [1.82, 2.24) is 4.31 Å². The summed E-state index contributed by atoms with van der Waals surface area (Å²) in [5.74, 6) is -1.56. The molecule has 1 aromatic carbocycles. The van der Waals surface area contributed by atoms with Crippen molar-refractivity contribution in [2.24, 2.45) is 5.92 Å². The maximum atomic E-state index is 12.6.